The molecule has 0 bridgehead atoms. The second-order valence-corrected chi connectivity index (χ2v) is 8.48. The van der Waals surface area contributed by atoms with Crippen LogP contribution in [0.25, 0.3) is 11.1 Å². The zero-order valence-electron chi connectivity index (χ0n) is 19.1. The summed E-state index contributed by atoms with van der Waals surface area (Å²) in [5.74, 6) is 0.874. The molecule has 0 heterocycles. The number of ketones is 1. The summed E-state index contributed by atoms with van der Waals surface area (Å²) in [5.41, 5.74) is 11.3. The third-order valence-corrected chi connectivity index (χ3v) is 6.51. The molecule has 0 aromatic heterocycles. The van der Waals surface area contributed by atoms with E-state index in [-0.39, 0.29) is 5.78 Å². The standard InChI is InChI=1S/C29H30O2/c1-6-31-24-12-9-22(10-13-24)29(30)28-26-14-7-18(2)17-23(26)11-16-27(28)25-15-8-19(3)20(4)21(25)5/h7-10,12-15,17H,6,11,16H2,1-5H3. The molecule has 0 atom stereocenters. The van der Waals surface area contributed by atoms with Crippen LogP contribution in [0.4, 0.5) is 0 Å². The summed E-state index contributed by atoms with van der Waals surface area (Å²) in [5, 5.41) is 0. The van der Waals surface area contributed by atoms with E-state index in [9.17, 15) is 4.79 Å². The number of allylic oxidation sites excluding steroid dienone is 2. The fraction of sp³-hybridized carbons (Fsp3) is 0.276. The summed E-state index contributed by atoms with van der Waals surface area (Å²) in [4.78, 5) is 13.9. The summed E-state index contributed by atoms with van der Waals surface area (Å²) in [6, 6.07) is 18.4. The van der Waals surface area contributed by atoms with Crippen molar-refractivity contribution in [2.24, 2.45) is 0 Å². The SMILES string of the molecule is CCOc1ccc(C(=O)C2=C(c3ccc(C)c(C)c3C)CCc3cc(C)ccc32)cc1. The fourth-order valence-electron chi connectivity index (χ4n) is 4.55. The van der Waals surface area contributed by atoms with Crippen LogP contribution in [0, 0.1) is 27.7 Å². The molecule has 0 spiro atoms. The van der Waals surface area contributed by atoms with E-state index in [2.05, 4.69) is 58.0 Å². The average molecular weight is 411 g/mol. The Morgan fingerprint density at radius 3 is 2.26 bits per heavy atom. The molecule has 1 aliphatic rings. The highest BCUT2D eigenvalue weighted by Gasteiger charge is 2.27. The van der Waals surface area contributed by atoms with Crippen LogP contribution in [0.2, 0.25) is 0 Å². The summed E-state index contributed by atoms with van der Waals surface area (Å²) in [7, 11) is 0. The van der Waals surface area contributed by atoms with Crippen LogP contribution in [0.3, 0.4) is 0 Å². The normalized spacial score (nSPS) is 13.2. The number of ether oxygens (including phenoxy) is 1. The molecule has 0 unspecified atom stereocenters. The third-order valence-electron chi connectivity index (χ3n) is 6.51. The van der Waals surface area contributed by atoms with E-state index < -0.39 is 0 Å². The van der Waals surface area contributed by atoms with E-state index in [1.165, 1.54) is 33.4 Å². The maximum atomic E-state index is 13.9. The molecule has 0 fully saturated rings. The molecule has 158 valence electrons. The fourth-order valence-corrected chi connectivity index (χ4v) is 4.55. The number of hydrogen-bond donors (Lipinski definition) is 0. The van der Waals surface area contributed by atoms with Gasteiger partial charge in [-0.1, -0.05) is 35.9 Å². The lowest BCUT2D eigenvalue weighted by molar-refractivity contribution is 0.105. The first-order valence-electron chi connectivity index (χ1n) is 11.1. The number of rotatable bonds is 5. The van der Waals surface area contributed by atoms with Gasteiger partial charge in [-0.3, -0.25) is 4.79 Å². The van der Waals surface area contributed by atoms with Crippen LogP contribution >= 0.6 is 0 Å². The minimum Gasteiger partial charge on any atom is -0.494 e. The van der Waals surface area contributed by atoms with Crippen LogP contribution < -0.4 is 4.74 Å². The predicted octanol–water partition coefficient (Wildman–Crippen LogP) is 7.06. The number of benzene rings is 3. The summed E-state index contributed by atoms with van der Waals surface area (Å²) < 4.78 is 5.56. The quantitative estimate of drug-likeness (QED) is 0.421. The molecule has 3 aromatic carbocycles. The summed E-state index contributed by atoms with van der Waals surface area (Å²) in [6.45, 7) is 11.2. The molecular formula is C29H30O2. The third kappa shape index (κ3) is 3.95. The van der Waals surface area contributed by atoms with Gasteiger partial charge >= 0.3 is 0 Å². The van der Waals surface area contributed by atoms with E-state index in [0.29, 0.717) is 12.2 Å². The molecule has 0 saturated carbocycles. The Morgan fingerprint density at radius 2 is 1.55 bits per heavy atom. The van der Waals surface area contributed by atoms with Gasteiger partial charge in [0, 0.05) is 11.1 Å². The van der Waals surface area contributed by atoms with Gasteiger partial charge in [0.25, 0.3) is 0 Å². The summed E-state index contributed by atoms with van der Waals surface area (Å²) in [6.07, 6.45) is 1.83. The Morgan fingerprint density at radius 1 is 0.839 bits per heavy atom. The van der Waals surface area contributed by atoms with Gasteiger partial charge in [-0.05, 0) is 111 Å². The lowest BCUT2D eigenvalue weighted by Crippen LogP contribution is -2.13. The van der Waals surface area contributed by atoms with Crippen LogP contribution in [-0.2, 0) is 6.42 Å². The number of Topliss-reactive ketones (excluding diaryl/α,β-unsaturated/α-hetero) is 1. The molecule has 0 saturated heterocycles. The van der Waals surface area contributed by atoms with Crippen molar-refractivity contribution in [2.75, 3.05) is 6.61 Å². The summed E-state index contributed by atoms with van der Waals surface area (Å²) >= 11 is 0. The van der Waals surface area contributed by atoms with Crippen molar-refractivity contribution in [3.8, 4) is 5.75 Å². The molecule has 2 nitrogen and oxygen atoms in total. The van der Waals surface area contributed by atoms with E-state index in [4.69, 9.17) is 4.74 Å². The number of carbonyl (C=O) groups is 1. The highest BCUT2D eigenvalue weighted by Crippen LogP contribution is 2.41. The first-order chi connectivity index (χ1) is 14.9. The van der Waals surface area contributed by atoms with Crippen molar-refractivity contribution in [1.82, 2.24) is 0 Å². The van der Waals surface area contributed by atoms with E-state index in [0.717, 1.165) is 35.3 Å². The monoisotopic (exact) mass is 410 g/mol. The highest BCUT2D eigenvalue weighted by molar-refractivity contribution is 6.35. The van der Waals surface area contributed by atoms with Gasteiger partial charge in [0.2, 0.25) is 0 Å². The topological polar surface area (TPSA) is 26.3 Å². The maximum absolute atomic E-state index is 13.9. The second kappa shape index (κ2) is 8.55. The van der Waals surface area contributed by atoms with Gasteiger partial charge in [0.1, 0.15) is 5.75 Å². The molecule has 0 amide bonds. The smallest absolute Gasteiger partial charge is 0.193 e. The molecule has 3 aromatic rings. The number of fused-ring (bicyclic) bond motifs is 1. The minimum absolute atomic E-state index is 0.0838. The van der Waals surface area contributed by atoms with Gasteiger partial charge in [0.05, 0.1) is 6.61 Å². The molecular weight excluding hydrogens is 380 g/mol. The highest BCUT2D eigenvalue weighted by atomic mass is 16.5. The van der Waals surface area contributed by atoms with Crippen LogP contribution in [0.15, 0.2) is 54.6 Å². The zero-order valence-corrected chi connectivity index (χ0v) is 19.1. The van der Waals surface area contributed by atoms with E-state index in [1.807, 2.05) is 31.2 Å². The molecule has 0 radical (unpaired) electrons. The minimum atomic E-state index is 0.0838. The first-order valence-corrected chi connectivity index (χ1v) is 11.1. The van der Waals surface area contributed by atoms with Crippen molar-refractivity contribution < 1.29 is 9.53 Å². The Balaban J connectivity index is 1.91. The molecule has 31 heavy (non-hydrogen) atoms. The molecule has 0 aliphatic heterocycles. The van der Waals surface area contributed by atoms with Crippen LogP contribution in [0.1, 0.15) is 62.6 Å². The van der Waals surface area contributed by atoms with Crippen molar-refractivity contribution in [3.63, 3.8) is 0 Å². The largest absolute Gasteiger partial charge is 0.494 e. The van der Waals surface area contributed by atoms with Crippen LogP contribution in [0.5, 0.6) is 5.75 Å². The lowest BCUT2D eigenvalue weighted by atomic mass is 9.77. The molecule has 0 N–H and O–H groups in total. The first kappa shape index (κ1) is 21.1. The maximum Gasteiger partial charge on any atom is 0.193 e. The average Bonchev–Trinajstić information content (AvgIpc) is 2.77. The van der Waals surface area contributed by atoms with Crippen molar-refractivity contribution in [2.45, 2.75) is 47.5 Å². The molecule has 1 aliphatic carbocycles. The Bertz CT molecular complexity index is 1180. The van der Waals surface area contributed by atoms with Crippen LogP contribution in [-0.4, -0.2) is 12.4 Å². The molecule has 4 rings (SSSR count). The number of carbonyl (C=O) groups excluding carboxylic acids is 1. The lowest BCUT2D eigenvalue weighted by Gasteiger charge is -2.25. The Kier molecular flexibility index (Phi) is 5.82. The molecule has 2 heteroatoms. The Labute approximate surface area is 185 Å². The number of hydrogen-bond acceptors (Lipinski definition) is 2. The van der Waals surface area contributed by atoms with Crippen molar-refractivity contribution in [3.05, 3.63) is 99.1 Å². The zero-order chi connectivity index (χ0) is 22.1. The van der Waals surface area contributed by atoms with Gasteiger partial charge in [0.15, 0.2) is 5.78 Å². The van der Waals surface area contributed by atoms with Crippen molar-refractivity contribution >= 4 is 16.9 Å². The second-order valence-electron chi connectivity index (χ2n) is 8.48. The van der Waals surface area contributed by atoms with Gasteiger partial charge in [-0.15, -0.1) is 0 Å². The van der Waals surface area contributed by atoms with Gasteiger partial charge < -0.3 is 4.74 Å². The van der Waals surface area contributed by atoms with Crippen molar-refractivity contribution in [1.29, 1.82) is 0 Å². The van der Waals surface area contributed by atoms with Gasteiger partial charge in [-0.2, -0.15) is 0 Å². The Hall–Kier alpha value is -3.13. The predicted molar refractivity (Wildman–Crippen MR) is 129 cm³/mol. The van der Waals surface area contributed by atoms with Gasteiger partial charge in [-0.25, -0.2) is 0 Å². The van der Waals surface area contributed by atoms with E-state index >= 15 is 0 Å². The van der Waals surface area contributed by atoms with E-state index in [1.54, 1.807) is 0 Å². The number of aryl methyl sites for hydroxylation is 3.